The molecule has 2 heterocycles. The van der Waals surface area contributed by atoms with Gasteiger partial charge in [0.1, 0.15) is 0 Å². The third-order valence-electron chi connectivity index (χ3n) is 4.15. The van der Waals surface area contributed by atoms with E-state index >= 15 is 0 Å². The number of nitrogens with one attached hydrogen (secondary N) is 1. The van der Waals surface area contributed by atoms with Crippen molar-refractivity contribution in [3.8, 4) is 0 Å². The topological polar surface area (TPSA) is 66.5 Å². The van der Waals surface area contributed by atoms with Gasteiger partial charge in [0.25, 0.3) is 0 Å². The van der Waals surface area contributed by atoms with Gasteiger partial charge in [0.2, 0.25) is 15.9 Å². The first-order valence-electron chi connectivity index (χ1n) is 7.92. The Morgan fingerprint density at radius 2 is 2.00 bits per heavy atom. The summed E-state index contributed by atoms with van der Waals surface area (Å²) in [7, 11) is -3.53. The van der Waals surface area contributed by atoms with Crippen LogP contribution in [0, 0.1) is 5.92 Å². The van der Waals surface area contributed by atoms with Crippen LogP contribution >= 0.6 is 11.3 Å². The number of piperidine rings is 1. The Balaban J connectivity index is 1.64. The SMILES string of the molecule is O=C(NCc1cccs1)[C@H]1CCCN(S(=O)(=O)c2ccccc2)C1. The molecule has 5 nitrogen and oxygen atoms in total. The number of hydrogen-bond acceptors (Lipinski definition) is 4. The second kappa shape index (κ2) is 7.46. The van der Waals surface area contributed by atoms with Crippen LogP contribution in [0.1, 0.15) is 17.7 Å². The molecule has 1 fully saturated rings. The molecule has 1 aliphatic rings. The first-order valence-corrected chi connectivity index (χ1v) is 10.2. The second-order valence-corrected chi connectivity index (χ2v) is 8.78. The summed E-state index contributed by atoms with van der Waals surface area (Å²) >= 11 is 1.59. The molecular weight excluding hydrogens is 344 g/mol. The van der Waals surface area contributed by atoms with Gasteiger partial charge in [-0.05, 0) is 36.4 Å². The minimum atomic E-state index is -3.53. The maximum Gasteiger partial charge on any atom is 0.243 e. The van der Waals surface area contributed by atoms with Gasteiger partial charge in [0.05, 0.1) is 17.4 Å². The smallest absolute Gasteiger partial charge is 0.243 e. The monoisotopic (exact) mass is 364 g/mol. The highest BCUT2D eigenvalue weighted by molar-refractivity contribution is 7.89. The predicted octanol–water partition coefficient (Wildman–Crippen LogP) is 2.47. The Bertz CT molecular complexity index is 773. The fourth-order valence-electron chi connectivity index (χ4n) is 2.85. The van der Waals surface area contributed by atoms with Crippen LogP contribution in [0.5, 0.6) is 0 Å². The fraction of sp³-hybridized carbons (Fsp3) is 0.353. The number of carbonyl (C=O) groups excluding carboxylic acids is 1. The highest BCUT2D eigenvalue weighted by atomic mass is 32.2. The van der Waals surface area contributed by atoms with E-state index in [-0.39, 0.29) is 23.3 Å². The average Bonchev–Trinajstić information content (AvgIpc) is 3.14. The largest absolute Gasteiger partial charge is 0.351 e. The van der Waals surface area contributed by atoms with Gasteiger partial charge in [-0.3, -0.25) is 4.79 Å². The number of nitrogens with zero attached hydrogens (tertiary/aromatic N) is 1. The van der Waals surface area contributed by atoms with E-state index in [9.17, 15) is 13.2 Å². The van der Waals surface area contributed by atoms with E-state index in [1.165, 1.54) is 4.31 Å². The quantitative estimate of drug-likeness (QED) is 0.886. The molecule has 1 N–H and O–H groups in total. The molecular formula is C17H20N2O3S2. The van der Waals surface area contributed by atoms with Crippen molar-refractivity contribution in [3.63, 3.8) is 0 Å². The van der Waals surface area contributed by atoms with Gasteiger partial charge in [-0.25, -0.2) is 8.42 Å². The summed E-state index contributed by atoms with van der Waals surface area (Å²) in [4.78, 5) is 13.7. The summed E-state index contributed by atoms with van der Waals surface area (Å²) in [6.07, 6.45) is 1.42. The molecule has 1 aromatic heterocycles. The predicted molar refractivity (Wildman–Crippen MR) is 94.1 cm³/mol. The van der Waals surface area contributed by atoms with Crippen LogP contribution < -0.4 is 5.32 Å². The van der Waals surface area contributed by atoms with Gasteiger partial charge in [-0.2, -0.15) is 4.31 Å². The normalized spacial score (nSPS) is 19.1. The molecule has 1 aliphatic heterocycles. The van der Waals surface area contributed by atoms with Gasteiger partial charge < -0.3 is 5.32 Å². The lowest BCUT2D eigenvalue weighted by atomic mass is 9.99. The van der Waals surface area contributed by atoms with Crippen LogP contribution in [0.4, 0.5) is 0 Å². The van der Waals surface area contributed by atoms with E-state index in [0.717, 1.165) is 11.3 Å². The minimum Gasteiger partial charge on any atom is -0.351 e. The molecule has 0 saturated carbocycles. The number of rotatable bonds is 5. The Labute approximate surface area is 146 Å². The molecule has 0 bridgehead atoms. The summed E-state index contributed by atoms with van der Waals surface area (Å²) in [5.41, 5.74) is 0. The van der Waals surface area contributed by atoms with Gasteiger partial charge in [0.15, 0.2) is 0 Å². The first kappa shape index (κ1) is 17.1. The van der Waals surface area contributed by atoms with Crippen molar-refractivity contribution in [2.45, 2.75) is 24.3 Å². The summed E-state index contributed by atoms with van der Waals surface area (Å²) in [5, 5.41) is 4.89. The molecule has 0 aliphatic carbocycles. The van der Waals surface area contributed by atoms with Gasteiger partial charge >= 0.3 is 0 Å². The Hall–Kier alpha value is -1.70. The zero-order valence-corrected chi connectivity index (χ0v) is 14.9. The third kappa shape index (κ3) is 3.85. The Morgan fingerprint density at radius 1 is 1.21 bits per heavy atom. The molecule has 1 saturated heterocycles. The van der Waals surface area contributed by atoms with E-state index in [4.69, 9.17) is 0 Å². The number of carbonyl (C=O) groups is 1. The summed E-state index contributed by atoms with van der Waals surface area (Å²) < 4.78 is 26.8. The van der Waals surface area contributed by atoms with Crippen molar-refractivity contribution in [2.24, 2.45) is 5.92 Å². The molecule has 0 unspecified atom stereocenters. The lowest BCUT2D eigenvalue weighted by Crippen LogP contribution is -2.45. The van der Waals surface area contributed by atoms with Crippen molar-refractivity contribution in [1.29, 1.82) is 0 Å². The minimum absolute atomic E-state index is 0.0728. The van der Waals surface area contributed by atoms with E-state index < -0.39 is 10.0 Å². The molecule has 0 spiro atoms. The second-order valence-electron chi connectivity index (χ2n) is 5.81. The van der Waals surface area contributed by atoms with Crippen molar-refractivity contribution in [1.82, 2.24) is 9.62 Å². The molecule has 128 valence electrons. The highest BCUT2D eigenvalue weighted by Gasteiger charge is 2.33. The van der Waals surface area contributed by atoms with Crippen molar-refractivity contribution < 1.29 is 13.2 Å². The van der Waals surface area contributed by atoms with Crippen LogP contribution in [-0.4, -0.2) is 31.7 Å². The van der Waals surface area contributed by atoms with Crippen molar-refractivity contribution in [3.05, 3.63) is 52.7 Å². The number of sulfonamides is 1. The molecule has 7 heteroatoms. The third-order valence-corrected chi connectivity index (χ3v) is 6.91. The molecule has 1 aromatic carbocycles. The Kier molecular flexibility index (Phi) is 5.33. The van der Waals surface area contributed by atoms with Crippen LogP contribution in [0.2, 0.25) is 0 Å². The highest BCUT2D eigenvalue weighted by Crippen LogP contribution is 2.24. The lowest BCUT2D eigenvalue weighted by molar-refractivity contribution is -0.126. The van der Waals surface area contributed by atoms with Crippen molar-refractivity contribution >= 4 is 27.3 Å². The van der Waals surface area contributed by atoms with Crippen LogP contribution in [0.3, 0.4) is 0 Å². The van der Waals surface area contributed by atoms with E-state index in [2.05, 4.69) is 5.32 Å². The molecule has 1 amide bonds. The first-order chi connectivity index (χ1) is 11.6. The Morgan fingerprint density at radius 3 is 2.71 bits per heavy atom. The number of thiophene rings is 1. The molecule has 0 radical (unpaired) electrons. The summed E-state index contributed by atoms with van der Waals surface area (Å²) in [6, 6.07) is 12.3. The lowest BCUT2D eigenvalue weighted by Gasteiger charge is -2.31. The number of hydrogen-bond donors (Lipinski definition) is 1. The van der Waals surface area contributed by atoms with E-state index in [0.29, 0.717) is 19.5 Å². The van der Waals surface area contributed by atoms with Crippen LogP contribution in [0.25, 0.3) is 0 Å². The zero-order valence-electron chi connectivity index (χ0n) is 13.2. The van der Waals surface area contributed by atoms with Crippen molar-refractivity contribution in [2.75, 3.05) is 13.1 Å². The average molecular weight is 364 g/mol. The van der Waals surface area contributed by atoms with Crippen LogP contribution in [0.15, 0.2) is 52.7 Å². The molecule has 1 atom stereocenters. The number of amides is 1. The summed E-state index contributed by atoms with van der Waals surface area (Å²) in [6.45, 7) is 1.21. The standard InChI is InChI=1S/C17H20N2O3S2/c20-17(18-12-15-7-5-11-23-15)14-6-4-10-19(13-14)24(21,22)16-8-2-1-3-9-16/h1-3,5,7-9,11,14H,4,6,10,12-13H2,(H,18,20)/t14-/m0/s1. The van der Waals surface area contributed by atoms with Gasteiger partial charge in [-0.15, -0.1) is 11.3 Å². The van der Waals surface area contributed by atoms with Crippen LogP contribution in [-0.2, 0) is 21.4 Å². The molecule has 3 rings (SSSR count). The fourth-order valence-corrected chi connectivity index (χ4v) is 5.04. The van der Waals surface area contributed by atoms with E-state index in [1.807, 2.05) is 17.5 Å². The summed E-state index contributed by atoms with van der Waals surface area (Å²) in [5.74, 6) is -0.367. The maximum absolute atomic E-state index is 12.7. The van der Waals surface area contributed by atoms with Gasteiger partial charge in [0, 0.05) is 18.0 Å². The maximum atomic E-state index is 12.7. The molecule has 24 heavy (non-hydrogen) atoms. The zero-order chi connectivity index (χ0) is 17.0. The number of benzene rings is 1. The van der Waals surface area contributed by atoms with Gasteiger partial charge in [-0.1, -0.05) is 24.3 Å². The molecule has 2 aromatic rings. The van der Waals surface area contributed by atoms with E-state index in [1.54, 1.807) is 41.7 Å².